The van der Waals surface area contributed by atoms with Crippen LogP contribution in [0, 0.1) is 0 Å². The molecule has 0 bridgehead atoms. The molecular formula is C13H14N2O3S. The van der Waals surface area contributed by atoms with E-state index in [4.69, 9.17) is 4.74 Å². The Hall–Kier alpha value is -1.69. The highest BCUT2D eigenvalue weighted by Gasteiger charge is 2.21. The standard InChI is InChI=1S/C13H14N2O3S/c1-18-9-2-3-11-10(6-9)12(16)15(13(17)14-11)8-4-5-19-7-8/h2-3,6,8H,4-5,7H2,1H3,(H,14,17). The lowest BCUT2D eigenvalue weighted by atomic mass is 10.2. The Morgan fingerprint density at radius 2 is 2.26 bits per heavy atom. The minimum Gasteiger partial charge on any atom is -0.497 e. The van der Waals surface area contributed by atoms with E-state index < -0.39 is 0 Å². The Balaban J connectivity index is 2.27. The van der Waals surface area contributed by atoms with Gasteiger partial charge in [0, 0.05) is 5.75 Å². The van der Waals surface area contributed by atoms with Crippen molar-refractivity contribution in [3.05, 3.63) is 39.0 Å². The van der Waals surface area contributed by atoms with Crippen LogP contribution in [0.1, 0.15) is 12.5 Å². The van der Waals surface area contributed by atoms with E-state index in [1.54, 1.807) is 37.1 Å². The van der Waals surface area contributed by atoms with Gasteiger partial charge in [-0.05, 0) is 30.4 Å². The summed E-state index contributed by atoms with van der Waals surface area (Å²) in [5.41, 5.74) is -0.00184. The number of ether oxygens (including phenoxy) is 1. The number of hydrogen-bond donors (Lipinski definition) is 1. The van der Waals surface area contributed by atoms with Crippen LogP contribution in [0.5, 0.6) is 5.75 Å². The predicted octanol–water partition coefficient (Wildman–Crippen LogP) is 1.38. The molecule has 19 heavy (non-hydrogen) atoms. The molecular weight excluding hydrogens is 264 g/mol. The summed E-state index contributed by atoms with van der Waals surface area (Å²) in [6, 6.07) is 5.10. The number of methoxy groups -OCH3 is 1. The van der Waals surface area contributed by atoms with Gasteiger partial charge in [-0.15, -0.1) is 0 Å². The van der Waals surface area contributed by atoms with E-state index in [0.29, 0.717) is 16.7 Å². The highest BCUT2D eigenvalue weighted by atomic mass is 32.2. The van der Waals surface area contributed by atoms with Gasteiger partial charge in [0.1, 0.15) is 5.75 Å². The molecule has 1 aromatic heterocycles. The minimum atomic E-state index is -0.324. The van der Waals surface area contributed by atoms with Crippen LogP contribution in [0.25, 0.3) is 10.9 Å². The number of rotatable bonds is 2. The Bertz CT molecular complexity index is 729. The van der Waals surface area contributed by atoms with Crippen molar-refractivity contribution in [1.82, 2.24) is 9.55 Å². The molecule has 1 saturated heterocycles. The second-order valence-corrected chi connectivity index (χ2v) is 5.68. The average Bonchev–Trinajstić information content (AvgIpc) is 2.92. The Labute approximate surface area is 113 Å². The molecule has 1 aliphatic heterocycles. The zero-order valence-corrected chi connectivity index (χ0v) is 11.3. The van der Waals surface area contributed by atoms with E-state index in [1.807, 2.05) is 0 Å². The lowest BCUT2D eigenvalue weighted by Crippen LogP contribution is -2.38. The third kappa shape index (κ3) is 2.06. The zero-order chi connectivity index (χ0) is 13.4. The van der Waals surface area contributed by atoms with E-state index in [9.17, 15) is 9.59 Å². The molecule has 1 aromatic carbocycles. The van der Waals surface area contributed by atoms with Gasteiger partial charge in [-0.1, -0.05) is 0 Å². The molecule has 0 aliphatic carbocycles. The summed E-state index contributed by atoms with van der Waals surface area (Å²) in [5, 5.41) is 0.496. The number of thioether (sulfide) groups is 1. The van der Waals surface area contributed by atoms with Crippen molar-refractivity contribution in [3.63, 3.8) is 0 Å². The minimum absolute atomic E-state index is 0.00292. The molecule has 3 rings (SSSR count). The molecule has 2 aromatic rings. The molecule has 1 aliphatic rings. The maximum atomic E-state index is 12.5. The molecule has 5 nitrogen and oxygen atoms in total. The number of H-pyrrole nitrogens is 1. The van der Waals surface area contributed by atoms with Gasteiger partial charge in [0.05, 0.1) is 24.1 Å². The van der Waals surface area contributed by atoms with Gasteiger partial charge in [0.25, 0.3) is 5.56 Å². The van der Waals surface area contributed by atoms with Crippen LogP contribution < -0.4 is 16.0 Å². The van der Waals surface area contributed by atoms with E-state index in [0.717, 1.165) is 17.9 Å². The Morgan fingerprint density at radius 1 is 1.42 bits per heavy atom. The van der Waals surface area contributed by atoms with E-state index in [2.05, 4.69) is 4.98 Å². The number of aromatic nitrogens is 2. The smallest absolute Gasteiger partial charge is 0.329 e. The normalized spacial score (nSPS) is 18.9. The average molecular weight is 278 g/mol. The summed E-state index contributed by atoms with van der Waals surface area (Å²) in [7, 11) is 1.55. The van der Waals surface area contributed by atoms with Crippen LogP contribution >= 0.6 is 11.8 Å². The molecule has 1 fully saturated rings. The highest BCUT2D eigenvalue weighted by Crippen LogP contribution is 2.26. The number of fused-ring (bicyclic) bond motifs is 1. The van der Waals surface area contributed by atoms with Crippen molar-refractivity contribution in [2.45, 2.75) is 12.5 Å². The summed E-state index contributed by atoms with van der Waals surface area (Å²) in [4.78, 5) is 27.3. The number of aromatic amines is 1. The maximum absolute atomic E-state index is 12.5. The molecule has 1 atom stereocenters. The second kappa shape index (κ2) is 4.77. The predicted molar refractivity (Wildman–Crippen MR) is 76.4 cm³/mol. The summed E-state index contributed by atoms with van der Waals surface area (Å²) in [5.74, 6) is 2.43. The molecule has 0 spiro atoms. The van der Waals surface area contributed by atoms with Crippen molar-refractivity contribution < 1.29 is 4.74 Å². The van der Waals surface area contributed by atoms with Crippen molar-refractivity contribution in [1.29, 1.82) is 0 Å². The van der Waals surface area contributed by atoms with Gasteiger partial charge in [-0.3, -0.25) is 9.36 Å². The van der Waals surface area contributed by atoms with Gasteiger partial charge in [-0.2, -0.15) is 11.8 Å². The van der Waals surface area contributed by atoms with Gasteiger partial charge in [0.15, 0.2) is 0 Å². The first-order valence-corrected chi connectivity index (χ1v) is 7.26. The van der Waals surface area contributed by atoms with Crippen molar-refractivity contribution >= 4 is 22.7 Å². The van der Waals surface area contributed by atoms with Crippen molar-refractivity contribution in [3.8, 4) is 5.75 Å². The van der Waals surface area contributed by atoms with Gasteiger partial charge < -0.3 is 9.72 Å². The first-order chi connectivity index (χ1) is 9.20. The van der Waals surface area contributed by atoms with Crippen molar-refractivity contribution in [2.24, 2.45) is 0 Å². The SMILES string of the molecule is COc1ccc2[nH]c(=O)n(C3CCSC3)c(=O)c2c1. The monoisotopic (exact) mass is 278 g/mol. The van der Waals surface area contributed by atoms with Crippen LogP contribution in [-0.2, 0) is 0 Å². The molecule has 0 radical (unpaired) electrons. The number of hydrogen-bond acceptors (Lipinski definition) is 4. The zero-order valence-electron chi connectivity index (χ0n) is 10.5. The largest absolute Gasteiger partial charge is 0.497 e. The van der Waals surface area contributed by atoms with Crippen LogP contribution in [0.2, 0.25) is 0 Å². The number of benzene rings is 1. The van der Waals surface area contributed by atoms with Crippen LogP contribution in [0.15, 0.2) is 27.8 Å². The lowest BCUT2D eigenvalue weighted by molar-refractivity contribution is 0.415. The maximum Gasteiger partial charge on any atom is 0.329 e. The molecule has 1 N–H and O–H groups in total. The fourth-order valence-corrected chi connectivity index (χ4v) is 3.58. The van der Waals surface area contributed by atoms with Crippen molar-refractivity contribution in [2.75, 3.05) is 18.6 Å². The quantitative estimate of drug-likeness (QED) is 0.901. The molecule has 0 saturated carbocycles. The molecule has 1 unspecified atom stereocenters. The van der Waals surface area contributed by atoms with Crippen LogP contribution in [0.4, 0.5) is 0 Å². The van der Waals surface area contributed by atoms with Crippen LogP contribution in [0.3, 0.4) is 0 Å². The molecule has 6 heteroatoms. The summed E-state index contributed by atoms with van der Waals surface area (Å²) >= 11 is 1.77. The van der Waals surface area contributed by atoms with E-state index >= 15 is 0 Å². The summed E-state index contributed by atoms with van der Waals surface area (Å²) < 4.78 is 6.48. The molecule has 100 valence electrons. The second-order valence-electron chi connectivity index (χ2n) is 4.53. The van der Waals surface area contributed by atoms with Gasteiger partial charge >= 0.3 is 5.69 Å². The fourth-order valence-electron chi connectivity index (χ4n) is 2.39. The lowest BCUT2D eigenvalue weighted by Gasteiger charge is -2.12. The first-order valence-electron chi connectivity index (χ1n) is 6.11. The Kier molecular flexibility index (Phi) is 3.10. The van der Waals surface area contributed by atoms with Gasteiger partial charge in [-0.25, -0.2) is 4.79 Å². The van der Waals surface area contributed by atoms with E-state index in [-0.39, 0.29) is 17.3 Å². The first kappa shape index (κ1) is 12.3. The highest BCUT2D eigenvalue weighted by molar-refractivity contribution is 7.99. The molecule has 0 amide bonds. The van der Waals surface area contributed by atoms with E-state index in [1.165, 1.54) is 4.57 Å². The Morgan fingerprint density at radius 3 is 2.95 bits per heavy atom. The third-order valence-electron chi connectivity index (χ3n) is 3.41. The van der Waals surface area contributed by atoms with Crippen LogP contribution in [-0.4, -0.2) is 28.2 Å². The summed E-state index contributed by atoms with van der Waals surface area (Å²) in [6.07, 6.45) is 0.864. The third-order valence-corrected chi connectivity index (χ3v) is 4.55. The number of nitrogens with one attached hydrogen (secondary N) is 1. The topological polar surface area (TPSA) is 64.1 Å². The molecule has 2 heterocycles. The van der Waals surface area contributed by atoms with Gasteiger partial charge in [0.2, 0.25) is 0 Å². The fraction of sp³-hybridized carbons (Fsp3) is 0.385. The summed E-state index contributed by atoms with van der Waals surface area (Å²) in [6.45, 7) is 0. The number of nitrogens with zero attached hydrogens (tertiary/aromatic N) is 1.